The van der Waals surface area contributed by atoms with E-state index in [1.54, 1.807) is 5.01 Å². The van der Waals surface area contributed by atoms with Crippen LogP contribution in [0.2, 0.25) is 0 Å². The van der Waals surface area contributed by atoms with Gasteiger partial charge in [0.05, 0.1) is 11.0 Å². The average molecular weight is 373 g/mol. The quantitative estimate of drug-likeness (QED) is 0.587. The third-order valence-electron chi connectivity index (χ3n) is 3.76. The van der Waals surface area contributed by atoms with Crippen LogP contribution in [0.15, 0.2) is 41.3 Å². The molecule has 1 aliphatic heterocycles. The number of amides is 1. The zero-order valence-electron chi connectivity index (χ0n) is 14.6. The summed E-state index contributed by atoms with van der Waals surface area (Å²) in [4.78, 5) is 13.5. The van der Waals surface area contributed by atoms with Crippen LogP contribution in [-0.4, -0.2) is 21.0 Å². The van der Waals surface area contributed by atoms with E-state index in [4.69, 9.17) is 17.0 Å². The van der Waals surface area contributed by atoms with Crippen LogP contribution >= 0.6 is 24.0 Å². The summed E-state index contributed by atoms with van der Waals surface area (Å²) in [5, 5.41) is 1.56. The first-order valence-corrected chi connectivity index (χ1v) is 9.29. The monoisotopic (exact) mass is 372 g/mol. The van der Waals surface area contributed by atoms with Gasteiger partial charge in [0.2, 0.25) is 0 Å². The number of thiocarbonyl (C=S) groups is 1. The van der Waals surface area contributed by atoms with E-state index in [0.29, 0.717) is 9.23 Å². The third-order valence-corrected chi connectivity index (χ3v) is 5.04. The fourth-order valence-corrected chi connectivity index (χ4v) is 3.92. The Hall–Kier alpha value is -2.05. The van der Waals surface area contributed by atoms with Crippen LogP contribution in [0.3, 0.4) is 0 Å². The number of thioether (sulfide) groups is 1. The lowest BCUT2D eigenvalue weighted by Crippen LogP contribution is -2.39. The maximum atomic E-state index is 12.8. The molecule has 1 aromatic carbocycles. The number of benzene rings is 1. The van der Waals surface area contributed by atoms with Gasteiger partial charge in [-0.05, 0) is 75.8 Å². The van der Waals surface area contributed by atoms with Crippen molar-refractivity contribution >= 4 is 40.3 Å². The molecule has 0 unspecified atom stereocenters. The highest BCUT2D eigenvalue weighted by atomic mass is 32.2. The zero-order valence-corrected chi connectivity index (χ0v) is 16.3. The molecule has 1 aliphatic rings. The normalized spacial score (nSPS) is 16.4. The zero-order chi connectivity index (χ0) is 18.1. The minimum absolute atomic E-state index is 0.0973. The number of nitrogens with zero attached hydrogens (tertiary/aromatic N) is 2. The van der Waals surface area contributed by atoms with Gasteiger partial charge >= 0.3 is 0 Å². The SMILES string of the molecule is Cc1ccc(C)n1N1C(=O)/C(=C/c2ccc(OC(C)C)cc2)SC1=S. The van der Waals surface area contributed by atoms with E-state index in [1.807, 2.05) is 74.8 Å². The lowest BCUT2D eigenvalue weighted by atomic mass is 10.2. The van der Waals surface area contributed by atoms with Gasteiger partial charge in [-0.15, -0.1) is 0 Å². The predicted octanol–water partition coefficient (Wildman–Crippen LogP) is 4.43. The van der Waals surface area contributed by atoms with Crippen LogP contribution in [0.1, 0.15) is 30.8 Å². The van der Waals surface area contributed by atoms with Gasteiger partial charge in [0, 0.05) is 11.4 Å². The topological polar surface area (TPSA) is 34.5 Å². The fourth-order valence-electron chi connectivity index (χ4n) is 2.67. The summed E-state index contributed by atoms with van der Waals surface area (Å²) in [7, 11) is 0. The minimum atomic E-state index is -0.0973. The van der Waals surface area contributed by atoms with Gasteiger partial charge in [-0.3, -0.25) is 9.47 Å². The predicted molar refractivity (Wildman–Crippen MR) is 108 cm³/mol. The van der Waals surface area contributed by atoms with Crippen molar-refractivity contribution in [2.24, 2.45) is 0 Å². The van der Waals surface area contributed by atoms with Gasteiger partial charge < -0.3 is 4.74 Å². The smallest absolute Gasteiger partial charge is 0.285 e. The Morgan fingerprint density at radius 3 is 2.24 bits per heavy atom. The number of aromatic nitrogens is 1. The van der Waals surface area contributed by atoms with Crippen molar-refractivity contribution in [3.8, 4) is 5.75 Å². The molecule has 0 atom stereocenters. The average Bonchev–Trinajstić information content (AvgIpc) is 3.01. The molecule has 0 radical (unpaired) electrons. The van der Waals surface area contributed by atoms with Gasteiger partial charge in [-0.25, -0.2) is 0 Å². The molecule has 6 heteroatoms. The molecule has 1 fully saturated rings. The largest absolute Gasteiger partial charge is 0.491 e. The highest BCUT2D eigenvalue weighted by molar-refractivity contribution is 8.27. The van der Waals surface area contributed by atoms with Gasteiger partial charge in [-0.1, -0.05) is 23.9 Å². The van der Waals surface area contributed by atoms with E-state index < -0.39 is 0 Å². The molecule has 1 saturated heterocycles. The number of hydrogen-bond donors (Lipinski definition) is 0. The molecular formula is C19H20N2O2S2. The van der Waals surface area contributed by atoms with Crippen molar-refractivity contribution in [2.45, 2.75) is 33.8 Å². The first-order valence-electron chi connectivity index (χ1n) is 8.06. The first kappa shape index (κ1) is 17.8. The van der Waals surface area contributed by atoms with E-state index >= 15 is 0 Å². The van der Waals surface area contributed by atoms with Crippen molar-refractivity contribution in [3.63, 3.8) is 0 Å². The summed E-state index contributed by atoms with van der Waals surface area (Å²) in [5.41, 5.74) is 2.90. The second-order valence-electron chi connectivity index (χ2n) is 6.16. The molecule has 2 heterocycles. The fraction of sp³-hybridized carbons (Fsp3) is 0.263. The maximum Gasteiger partial charge on any atom is 0.285 e. The summed E-state index contributed by atoms with van der Waals surface area (Å²) < 4.78 is 8.04. The molecule has 2 aromatic rings. The van der Waals surface area contributed by atoms with Gasteiger partial charge in [0.25, 0.3) is 5.91 Å². The molecule has 0 spiro atoms. The van der Waals surface area contributed by atoms with Crippen LogP contribution in [0.5, 0.6) is 5.75 Å². The second-order valence-corrected chi connectivity index (χ2v) is 7.83. The Morgan fingerprint density at radius 1 is 1.08 bits per heavy atom. The van der Waals surface area contributed by atoms with Crippen molar-refractivity contribution in [1.29, 1.82) is 0 Å². The molecule has 0 aliphatic carbocycles. The van der Waals surface area contributed by atoms with E-state index in [0.717, 1.165) is 22.7 Å². The number of aryl methyl sites for hydroxylation is 2. The number of hydrogen-bond acceptors (Lipinski definition) is 4. The summed E-state index contributed by atoms with van der Waals surface area (Å²) >= 11 is 6.76. The summed E-state index contributed by atoms with van der Waals surface area (Å²) in [5.74, 6) is 0.721. The summed E-state index contributed by atoms with van der Waals surface area (Å²) in [6, 6.07) is 11.7. The molecule has 0 N–H and O–H groups in total. The number of rotatable bonds is 4. The first-order chi connectivity index (χ1) is 11.9. The molecule has 1 aromatic heterocycles. The van der Waals surface area contributed by atoms with E-state index in [1.165, 1.54) is 11.8 Å². The summed E-state index contributed by atoms with van der Waals surface area (Å²) in [6.45, 7) is 7.90. The van der Waals surface area contributed by atoms with Crippen LogP contribution in [-0.2, 0) is 4.79 Å². The number of ether oxygens (including phenoxy) is 1. The van der Waals surface area contributed by atoms with E-state index in [-0.39, 0.29) is 12.0 Å². The maximum absolute atomic E-state index is 12.8. The van der Waals surface area contributed by atoms with Crippen LogP contribution < -0.4 is 9.75 Å². The lowest BCUT2D eigenvalue weighted by molar-refractivity contribution is -0.114. The number of carbonyl (C=O) groups excluding carboxylic acids is 1. The number of carbonyl (C=O) groups is 1. The van der Waals surface area contributed by atoms with Crippen LogP contribution in [0.4, 0.5) is 0 Å². The summed E-state index contributed by atoms with van der Waals surface area (Å²) in [6.07, 6.45) is 2.00. The van der Waals surface area contributed by atoms with E-state index in [9.17, 15) is 4.79 Å². The Bertz CT molecular complexity index is 831. The highest BCUT2D eigenvalue weighted by Crippen LogP contribution is 2.33. The van der Waals surface area contributed by atoms with Crippen molar-refractivity contribution in [3.05, 3.63) is 58.3 Å². The molecule has 1 amide bonds. The van der Waals surface area contributed by atoms with Crippen molar-refractivity contribution < 1.29 is 9.53 Å². The molecule has 4 nitrogen and oxygen atoms in total. The second kappa shape index (κ2) is 7.06. The van der Waals surface area contributed by atoms with Gasteiger partial charge in [0.1, 0.15) is 5.75 Å². The Kier molecular flexibility index (Phi) is 5.01. The van der Waals surface area contributed by atoms with Crippen molar-refractivity contribution in [2.75, 3.05) is 5.01 Å². The van der Waals surface area contributed by atoms with Crippen LogP contribution in [0.25, 0.3) is 6.08 Å². The van der Waals surface area contributed by atoms with Crippen LogP contribution in [0, 0.1) is 13.8 Å². The van der Waals surface area contributed by atoms with Gasteiger partial charge in [-0.2, -0.15) is 5.01 Å². The lowest BCUT2D eigenvalue weighted by Gasteiger charge is -2.20. The standard InChI is InChI=1S/C19H20N2O2S2/c1-12(2)23-16-9-7-15(8-10-16)11-17-18(22)21(19(24)25-17)20-13(3)5-6-14(20)4/h5-12H,1-4H3/b17-11-. The highest BCUT2D eigenvalue weighted by Gasteiger charge is 2.34. The minimum Gasteiger partial charge on any atom is -0.491 e. The Labute approximate surface area is 157 Å². The molecule has 0 bridgehead atoms. The van der Waals surface area contributed by atoms with Crippen molar-refractivity contribution in [1.82, 2.24) is 4.68 Å². The molecule has 25 heavy (non-hydrogen) atoms. The molecule has 3 rings (SSSR count). The van der Waals surface area contributed by atoms with Gasteiger partial charge in [0.15, 0.2) is 4.32 Å². The van der Waals surface area contributed by atoms with E-state index in [2.05, 4.69) is 0 Å². The Balaban J connectivity index is 1.85. The third kappa shape index (κ3) is 3.65. The molecule has 0 saturated carbocycles. The molecular weight excluding hydrogens is 352 g/mol. The Morgan fingerprint density at radius 2 is 1.68 bits per heavy atom. The molecule has 130 valence electrons.